The van der Waals surface area contributed by atoms with Crippen LogP contribution in [-0.4, -0.2) is 9.97 Å². The van der Waals surface area contributed by atoms with Gasteiger partial charge in [0.15, 0.2) is 0 Å². The van der Waals surface area contributed by atoms with Crippen molar-refractivity contribution >= 4 is 5.82 Å². The first kappa shape index (κ1) is 12.3. The molecule has 0 amide bonds. The molecular weight excluding hydrogens is 235 g/mol. The Morgan fingerprint density at radius 2 is 2.06 bits per heavy atom. The Morgan fingerprint density at radius 1 is 1.28 bits per heavy atom. The van der Waals surface area contributed by atoms with Crippen molar-refractivity contribution in [3.63, 3.8) is 0 Å². The van der Waals surface area contributed by atoms with Crippen LogP contribution in [0.1, 0.15) is 11.1 Å². The number of aromatic nitrogens is 2. The minimum Gasteiger partial charge on any atom is -0.438 e. The van der Waals surface area contributed by atoms with E-state index in [1.54, 1.807) is 26.0 Å². The zero-order valence-corrected chi connectivity index (χ0v) is 10.1. The molecule has 0 saturated heterocycles. The standard InChI is InChI=1S/C12H13FN4O/c1-7-3-4-9(5-10(7)13)18-12-8(2)11(17-14)15-6-16-12/h3-6H,14H2,1-2H3,(H,15,16,17). The van der Waals surface area contributed by atoms with Gasteiger partial charge < -0.3 is 10.2 Å². The van der Waals surface area contributed by atoms with E-state index >= 15 is 0 Å². The molecule has 0 radical (unpaired) electrons. The molecule has 0 saturated carbocycles. The van der Waals surface area contributed by atoms with E-state index in [1.807, 2.05) is 0 Å². The Hall–Kier alpha value is -2.21. The van der Waals surface area contributed by atoms with Crippen molar-refractivity contribution in [3.8, 4) is 11.6 Å². The van der Waals surface area contributed by atoms with E-state index in [-0.39, 0.29) is 5.82 Å². The van der Waals surface area contributed by atoms with Crippen LogP contribution in [0.4, 0.5) is 10.2 Å². The number of rotatable bonds is 3. The molecule has 2 aromatic rings. The van der Waals surface area contributed by atoms with E-state index in [0.29, 0.717) is 28.6 Å². The third-order valence-corrected chi connectivity index (χ3v) is 2.53. The Balaban J connectivity index is 2.31. The summed E-state index contributed by atoms with van der Waals surface area (Å²) in [5, 5.41) is 0. The summed E-state index contributed by atoms with van der Waals surface area (Å²) in [6, 6.07) is 4.63. The second-order valence-corrected chi connectivity index (χ2v) is 3.81. The van der Waals surface area contributed by atoms with Crippen LogP contribution in [0.25, 0.3) is 0 Å². The lowest BCUT2D eigenvalue weighted by Gasteiger charge is -2.10. The maximum atomic E-state index is 13.4. The largest absolute Gasteiger partial charge is 0.438 e. The monoisotopic (exact) mass is 248 g/mol. The zero-order valence-electron chi connectivity index (χ0n) is 10.1. The topological polar surface area (TPSA) is 73.1 Å². The van der Waals surface area contributed by atoms with Gasteiger partial charge in [-0.2, -0.15) is 0 Å². The third-order valence-electron chi connectivity index (χ3n) is 2.53. The van der Waals surface area contributed by atoms with Crippen molar-refractivity contribution in [2.24, 2.45) is 5.84 Å². The van der Waals surface area contributed by atoms with Crippen molar-refractivity contribution in [1.82, 2.24) is 9.97 Å². The van der Waals surface area contributed by atoms with Crippen LogP contribution >= 0.6 is 0 Å². The minimum absolute atomic E-state index is 0.323. The molecule has 6 heteroatoms. The number of nitrogen functional groups attached to an aromatic ring is 1. The number of aryl methyl sites for hydroxylation is 1. The fourth-order valence-electron chi connectivity index (χ4n) is 1.43. The van der Waals surface area contributed by atoms with Gasteiger partial charge in [-0.05, 0) is 25.5 Å². The van der Waals surface area contributed by atoms with E-state index in [9.17, 15) is 4.39 Å². The van der Waals surface area contributed by atoms with Crippen LogP contribution < -0.4 is 16.0 Å². The van der Waals surface area contributed by atoms with Crippen LogP contribution in [0, 0.1) is 19.7 Å². The molecule has 0 bridgehead atoms. The van der Waals surface area contributed by atoms with Gasteiger partial charge >= 0.3 is 0 Å². The van der Waals surface area contributed by atoms with Gasteiger partial charge in [0, 0.05) is 6.07 Å². The van der Waals surface area contributed by atoms with Crippen molar-refractivity contribution in [1.29, 1.82) is 0 Å². The average Bonchev–Trinajstić information content (AvgIpc) is 2.36. The number of halogens is 1. The van der Waals surface area contributed by atoms with Gasteiger partial charge in [0.25, 0.3) is 0 Å². The maximum Gasteiger partial charge on any atom is 0.227 e. The number of anilines is 1. The lowest BCUT2D eigenvalue weighted by Crippen LogP contribution is -2.11. The molecular formula is C12H13FN4O. The summed E-state index contributed by atoms with van der Waals surface area (Å²) in [4.78, 5) is 7.91. The number of hydrogen-bond acceptors (Lipinski definition) is 5. The van der Waals surface area contributed by atoms with Gasteiger partial charge in [-0.15, -0.1) is 0 Å². The van der Waals surface area contributed by atoms with Gasteiger partial charge in [-0.3, -0.25) is 0 Å². The summed E-state index contributed by atoms with van der Waals surface area (Å²) in [6.45, 7) is 3.45. The van der Waals surface area contributed by atoms with Crippen LogP contribution in [0.2, 0.25) is 0 Å². The summed E-state index contributed by atoms with van der Waals surface area (Å²) < 4.78 is 18.9. The summed E-state index contributed by atoms with van der Waals surface area (Å²) in [5.41, 5.74) is 3.65. The number of nitrogens with one attached hydrogen (secondary N) is 1. The average molecular weight is 248 g/mol. The number of hydrogen-bond donors (Lipinski definition) is 2. The molecule has 3 N–H and O–H groups in total. The first-order chi connectivity index (χ1) is 8.61. The number of nitrogens with zero attached hydrogens (tertiary/aromatic N) is 2. The highest BCUT2D eigenvalue weighted by molar-refractivity contribution is 5.47. The Bertz CT molecular complexity index is 574. The number of benzene rings is 1. The van der Waals surface area contributed by atoms with Gasteiger partial charge in [0.05, 0.1) is 5.56 Å². The predicted octanol–water partition coefficient (Wildman–Crippen LogP) is 2.31. The van der Waals surface area contributed by atoms with Crippen molar-refractivity contribution in [2.75, 3.05) is 5.43 Å². The molecule has 18 heavy (non-hydrogen) atoms. The molecule has 0 unspecified atom stereocenters. The van der Waals surface area contributed by atoms with Crippen molar-refractivity contribution < 1.29 is 9.13 Å². The van der Waals surface area contributed by atoms with Crippen LogP contribution in [0.15, 0.2) is 24.5 Å². The highest BCUT2D eigenvalue weighted by atomic mass is 19.1. The summed E-state index contributed by atoms with van der Waals surface area (Å²) in [6.07, 6.45) is 1.32. The molecule has 0 aliphatic carbocycles. The lowest BCUT2D eigenvalue weighted by atomic mass is 10.2. The Kier molecular flexibility index (Phi) is 3.38. The highest BCUT2D eigenvalue weighted by Gasteiger charge is 2.09. The molecule has 1 heterocycles. The minimum atomic E-state index is -0.323. The number of nitrogens with two attached hydrogens (primary N) is 1. The molecule has 0 aliphatic rings. The molecule has 1 aromatic carbocycles. The predicted molar refractivity (Wildman–Crippen MR) is 65.8 cm³/mol. The molecule has 2 rings (SSSR count). The second-order valence-electron chi connectivity index (χ2n) is 3.81. The molecule has 94 valence electrons. The van der Waals surface area contributed by atoms with Gasteiger partial charge in [-0.1, -0.05) is 6.07 Å². The second kappa shape index (κ2) is 4.97. The lowest BCUT2D eigenvalue weighted by molar-refractivity contribution is 0.452. The van der Waals surface area contributed by atoms with Crippen LogP contribution in [0.5, 0.6) is 11.6 Å². The van der Waals surface area contributed by atoms with E-state index in [0.717, 1.165) is 0 Å². The maximum absolute atomic E-state index is 13.4. The summed E-state index contributed by atoms with van der Waals surface area (Å²) in [5.74, 6) is 6.16. The normalized spacial score (nSPS) is 10.2. The third kappa shape index (κ3) is 2.38. The SMILES string of the molecule is Cc1ccc(Oc2ncnc(NN)c2C)cc1F. The Morgan fingerprint density at radius 3 is 2.72 bits per heavy atom. The first-order valence-electron chi connectivity index (χ1n) is 5.34. The molecule has 5 nitrogen and oxygen atoms in total. The van der Waals surface area contributed by atoms with E-state index in [4.69, 9.17) is 10.6 Å². The zero-order chi connectivity index (χ0) is 13.1. The first-order valence-corrected chi connectivity index (χ1v) is 5.34. The molecule has 1 aromatic heterocycles. The highest BCUT2D eigenvalue weighted by Crippen LogP contribution is 2.26. The van der Waals surface area contributed by atoms with Gasteiger partial charge in [0.1, 0.15) is 23.7 Å². The molecule has 0 atom stereocenters. The Labute approximate surface area is 104 Å². The quantitative estimate of drug-likeness (QED) is 0.644. The van der Waals surface area contributed by atoms with Crippen molar-refractivity contribution in [3.05, 3.63) is 41.5 Å². The van der Waals surface area contributed by atoms with Crippen LogP contribution in [0.3, 0.4) is 0 Å². The van der Waals surface area contributed by atoms with E-state index in [1.165, 1.54) is 12.4 Å². The van der Waals surface area contributed by atoms with Gasteiger partial charge in [0.2, 0.25) is 5.88 Å². The van der Waals surface area contributed by atoms with E-state index < -0.39 is 0 Å². The van der Waals surface area contributed by atoms with Crippen molar-refractivity contribution in [2.45, 2.75) is 13.8 Å². The van der Waals surface area contributed by atoms with Crippen LogP contribution in [-0.2, 0) is 0 Å². The fourth-order valence-corrected chi connectivity index (χ4v) is 1.43. The molecule has 0 fully saturated rings. The molecule has 0 spiro atoms. The number of ether oxygens (including phenoxy) is 1. The summed E-state index contributed by atoms with van der Waals surface area (Å²) >= 11 is 0. The summed E-state index contributed by atoms with van der Waals surface area (Å²) in [7, 11) is 0. The smallest absolute Gasteiger partial charge is 0.227 e. The molecule has 0 aliphatic heterocycles. The van der Waals surface area contributed by atoms with Gasteiger partial charge in [-0.25, -0.2) is 20.2 Å². The van der Waals surface area contributed by atoms with E-state index in [2.05, 4.69) is 15.4 Å². The number of hydrazine groups is 1. The fraction of sp³-hybridized carbons (Fsp3) is 0.167.